The highest BCUT2D eigenvalue weighted by Crippen LogP contribution is 2.21. The standard InChI is InChI=1S/C25H24ClN5O2.C8H9ClNO3.C8H8ClNO2.CH4/c1-14-5-24(27)30-15(2)22(14)12-29-25(33)18-9-20(31-21(10-18)13-32)7-16-3-4-23-17(6-16)8-19(26)11-28-23;1-5-3-6(8(11)13-2)4-7(9)10(5)12;1-5-3-6(8(11)12-2)4-7(9)10-5;/h3-6,8-11,32H,7,12-13H2,1-2H3,(H2,27,30)(H,29,33);3-4,12H,1-2H3;3-4H,1-2H3;1H4/q;+1;;. The minimum Gasteiger partial charge on any atom is -0.465 e. The molecule has 6 rings (SSSR count). The summed E-state index contributed by atoms with van der Waals surface area (Å²) in [5.41, 5.74) is 13.8. The summed E-state index contributed by atoms with van der Waals surface area (Å²) < 4.78 is 9.80. The molecule has 0 aliphatic rings. The van der Waals surface area contributed by atoms with Gasteiger partial charge in [-0.25, -0.2) is 19.6 Å². The Morgan fingerprint density at radius 3 is 2.08 bits per heavy atom. The number of benzene rings is 1. The van der Waals surface area contributed by atoms with E-state index in [0.717, 1.165) is 38.0 Å². The number of esters is 2. The highest BCUT2D eigenvalue weighted by Gasteiger charge is 2.18. The highest BCUT2D eigenvalue weighted by atomic mass is 35.5. The lowest BCUT2D eigenvalue weighted by atomic mass is 10.0. The fourth-order valence-electron chi connectivity index (χ4n) is 5.64. The molecule has 1 aromatic carbocycles. The second kappa shape index (κ2) is 21.7. The smallest absolute Gasteiger partial charge is 0.338 e. The quantitative estimate of drug-likeness (QED) is 0.0515. The van der Waals surface area contributed by atoms with Crippen molar-refractivity contribution in [1.82, 2.24) is 25.3 Å². The number of carbonyl (C=O) groups excluding carboxylic acids is 3. The molecule has 0 unspecified atom stereocenters. The van der Waals surface area contributed by atoms with Crippen molar-refractivity contribution in [2.45, 2.75) is 54.7 Å². The number of aliphatic hydroxyl groups is 1. The molecule has 0 aliphatic carbocycles. The number of pyridine rings is 5. The topological polar surface area (TPSA) is 204 Å². The van der Waals surface area contributed by atoms with E-state index < -0.39 is 11.9 Å². The van der Waals surface area contributed by atoms with Gasteiger partial charge in [-0.1, -0.05) is 36.7 Å². The van der Waals surface area contributed by atoms with Gasteiger partial charge >= 0.3 is 17.1 Å². The molecule has 5 N–H and O–H groups in total. The molecule has 0 saturated carbocycles. The van der Waals surface area contributed by atoms with Crippen LogP contribution in [0.5, 0.6) is 0 Å². The fourth-order valence-corrected chi connectivity index (χ4v) is 6.30. The maximum Gasteiger partial charge on any atom is 0.338 e. The second-order valence-electron chi connectivity index (χ2n) is 12.8. The molecule has 1 amide bonds. The number of nitrogens with two attached hydrogens (primary N) is 1. The van der Waals surface area contributed by atoms with Crippen molar-refractivity contribution in [3.63, 3.8) is 0 Å². The first-order valence-corrected chi connectivity index (χ1v) is 18.5. The molecule has 310 valence electrons. The number of nitrogens with one attached hydrogen (secondary N) is 1. The predicted molar refractivity (Wildman–Crippen MR) is 226 cm³/mol. The van der Waals surface area contributed by atoms with E-state index >= 15 is 0 Å². The lowest BCUT2D eigenvalue weighted by Crippen LogP contribution is -2.35. The van der Waals surface area contributed by atoms with Crippen molar-refractivity contribution in [3.8, 4) is 0 Å². The predicted octanol–water partition coefficient (Wildman–Crippen LogP) is 7.32. The van der Waals surface area contributed by atoms with Crippen LogP contribution in [0.2, 0.25) is 15.3 Å². The van der Waals surface area contributed by atoms with Gasteiger partial charge in [-0.05, 0) is 97.6 Å². The van der Waals surface area contributed by atoms with Gasteiger partial charge in [0.05, 0.1) is 48.2 Å². The summed E-state index contributed by atoms with van der Waals surface area (Å²) in [6, 6.07) is 18.8. The number of rotatable bonds is 8. The van der Waals surface area contributed by atoms with Crippen LogP contribution in [-0.4, -0.2) is 62.3 Å². The van der Waals surface area contributed by atoms with Crippen LogP contribution in [0.1, 0.15) is 83.7 Å². The molecule has 5 heterocycles. The Morgan fingerprint density at radius 2 is 1.47 bits per heavy atom. The van der Waals surface area contributed by atoms with E-state index in [2.05, 4.69) is 34.7 Å². The Bertz CT molecular complexity index is 2420. The van der Waals surface area contributed by atoms with Crippen LogP contribution in [0.15, 0.2) is 72.9 Å². The van der Waals surface area contributed by atoms with Gasteiger partial charge in [0.25, 0.3) is 5.91 Å². The van der Waals surface area contributed by atoms with Crippen LogP contribution >= 0.6 is 34.8 Å². The minimum absolute atomic E-state index is 0. The van der Waals surface area contributed by atoms with Crippen molar-refractivity contribution >= 4 is 69.4 Å². The molecule has 59 heavy (non-hydrogen) atoms. The molecule has 14 nitrogen and oxygen atoms in total. The molecule has 0 saturated heterocycles. The molecule has 5 aromatic heterocycles. The lowest BCUT2D eigenvalue weighted by Gasteiger charge is -2.13. The zero-order valence-electron chi connectivity index (χ0n) is 32.4. The van der Waals surface area contributed by atoms with Crippen LogP contribution in [0, 0.1) is 27.7 Å². The molecule has 0 bridgehead atoms. The van der Waals surface area contributed by atoms with Gasteiger partial charge in [-0.3, -0.25) is 20.0 Å². The van der Waals surface area contributed by atoms with Gasteiger partial charge in [-0.15, -0.1) is 0 Å². The fraction of sp³-hybridized carbons (Fsp3) is 0.238. The van der Waals surface area contributed by atoms with Crippen LogP contribution in [0.4, 0.5) is 5.82 Å². The maximum absolute atomic E-state index is 12.9. The number of aryl methyl sites for hydroxylation is 4. The lowest BCUT2D eigenvalue weighted by molar-refractivity contribution is -0.907. The summed E-state index contributed by atoms with van der Waals surface area (Å²) in [5, 5.41) is 23.7. The monoisotopic (exact) mass is 864 g/mol. The van der Waals surface area contributed by atoms with Crippen molar-refractivity contribution in [2.24, 2.45) is 0 Å². The Kier molecular flexibility index (Phi) is 17.5. The van der Waals surface area contributed by atoms with Gasteiger partial charge in [0.2, 0.25) is 5.69 Å². The summed E-state index contributed by atoms with van der Waals surface area (Å²) in [6.07, 6.45) is 2.11. The zero-order valence-corrected chi connectivity index (χ0v) is 34.7. The number of fused-ring (bicyclic) bond motifs is 1. The number of hydrogen-bond donors (Lipinski definition) is 4. The molecule has 17 heteroatoms. The van der Waals surface area contributed by atoms with Gasteiger partial charge in [0, 0.05) is 71.0 Å². The molecule has 6 aromatic rings. The van der Waals surface area contributed by atoms with Crippen LogP contribution in [-0.2, 0) is 29.0 Å². The Balaban J connectivity index is 0.000000293. The number of aromatic nitrogens is 5. The van der Waals surface area contributed by atoms with E-state index in [0.29, 0.717) is 68.4 Å². The summed E-state index contributed by atoms with van der Waals surface area (Å²) in [5.74, 6) is -0.676. The van der Waals surface area contributed by atoms with Crippen molar-refractivity contribution in [1.29, 1.82) is 0 Å². The third-order valence-corrected chi connectivity index (χ3v) is 9.06. The molecular weight excluding hydrogens is 821 g/mol. The zero-order chi connectivity index (χ0) is 42.7. The highest BCUT2D eigenvalue weighted by molar-refractivity contribution is 6.31. The normalized spacial score (nSPS) is 10.3. The number of halogens is 3. The first kappa shape index (κ1) is 47.4. The van der Waals surface area contributed by atoms with Crippen molar-refractivity contribution in [2.75, 3.05) is 20.0 Å². The number of nitrogens with zero attached hydrogens (tertiary/aromatic N) is 5. The van der Waals surface area contributed by atoms with Crippen molar-refractivity contribution in [3.05, 3.63) is 150 Å². The van der Waals surface area contributed by atoms with Crippen LogP contribution in [0.3, 0.4) is 0 Å². The second-order valence-corrected chi connectivity index (χ2v) is 14.0. The van der Waals surface area contributed by atoms with Gasteiger partial charge in [-0.2, -0.15) is 0 Å². The van der Waals surface area contributed by atoms with Gasteiger partial charge in [0.1, 0.15) is 11.0 Å². The van der Waals surface area contributed by atoms with Crippen LogP contribution < -0.4 is 15.8 Å². The van der Waals surface area contributed by atoms with E-state index in [4.69, 9.17) is 40.5 Å². The number of hydrogen-bond acceptors (Lipinski definition) is 12. The number of amides is 1. The third kappa shape index (κ3) is 13.3. The maximum atomic E-state index is 12.9. The average Bonchev–Trinajstić information content (AvgIpc) is 3.18. The van der Waals surface area contributed by atoms with Crippen LogP contribution in [0.25, 0.3) is 10.9 Å². The molecule has 0 aliphatic heterocycles. The number of anilines is 1. The molecular formula is C42H45Cl3N7O7+. The Morgan fingerprint density at radius 1 is 0.814 bits per heavy atom. The molecule has 0 spiro atoms. The summed E-state index contributed by atoms with van der Waals surface area (Å²) in [4.78, 5) is 51.9. The minimum atomic E-state index is -0.481. The van der Waals surface area contributed by atoms with E-state index in [9.17, 15) is 24.7 Å². The van der Waals surface area contributed by atoms with Gasteiger partial charge < -0.3 is 25.6 Å². The number of carbonyl (C=O) groups is 3. The summed E-state index contributed by atoms with van der Waals surface area (Å²) in [7, 11) is 2.61. The number of aliphatic hydroxyl groups excluding tert-OH is 1. The third-order valence-electron chi connectivity index (χ3n) is 8.39. The van der Waals surface area contributed by atoms with Gasteiger partial charge in [0.15, 0.2) is 0 Å². The first-order valence-electron chi connectivity index (χ1n) is 17.4. The molecule has 0 atom stereocenters. The first-order chi connectivity index (χ1) is 27.5. The molecule has 0 fully saturated rings. The van der Waals surface area contributed by atoms with E-state index in [1.807, 2.05) is 38.1 Å². The Labute approximate surface area is 356 Å². The largest absolute Gasteiger partial charge is 0.465 e. The number of nitrogen functional groups attached to an aromatic ring is 1. The van der Waals surface area contributed by atoms with Crippen molar-refractivity contribution < 1.29 is 38.9 Å². The number of methoxy groups -OCH3 is 2. The van der Waals surface area contributed by atoms with E-state index in [1.165, 1.54) is 32.4 Å². The SMILES string of the molecule is C.COC(=O)c1cc(C)[n+](O)c(Cl)c1.COC(=O)c1cc(C)nc(Cl)c1.Cc1cc(N)nc(C)c1CNC(=O)c1cc(CO)nc(Cc2ccc3ncc(Cl)cc3c2)c1. The average molecular weight is 866 g/mol. The summed E-state index contributed by atoms with van der Waals surface area (Å²) in [6.45, 7) is 7.26. The summed E-state index contributed by atoms with van der Waals surface area (Å²) >= 11 is 17.3. The number of ether oxygens (including phenoxy) is 2. The Hall–Kier alpha value is -5.93. The molecule has 0 radical (unpaired) electrons. The van der Waals surface area contributed by atoms with E-state index in [-0.39, 0.29) is 25.1 Å². The van der Waals surface area contributed by atoms with E-state index in [1.54, 1.807) is 44.3 Å².